The third kappa shape index (κ3) is 3.65. The van der Waals surface area contributed by atoms with Gasteiger partial charge in [0.25, 0.3) is 0 Å². The Hall–Kier alpha value is -1.37. The average molecular weight is 215 g/mol. The first-order valence-corrected chi connectivity index (χ1v) is 6.07. The molecule has 0 saturated heterocycles. The van der Waals surface area contributed by atoms with Crippen LogP contribution in [0.25, 0.3) is 0 Å². The maximum atomic E-state index is 4.55. The zero-order chi connectivity index (χ0) is 11.8. The molecule has 0 N–H and O–H groups in total. The van der Waals surface area contributed by atoms with E-state index in [4.69, 9.17) is 0 Å². The van der Waals surface area contributed by atoms with E-state index in [1.54, 1.807) is 0 Å². The number of aliphatic imine (C=N–C) groups is 1. The fourth-order valence-electron chi connectivity index (χ4n) is 1.63. The number of hydrogen-bond acceptors (Lipinski definition) is 1. The van der Waals surface area contributed by atoms with Gasteiger partial charge >= 0.3 is 0 Å². The molecule has 1 aromatic rings. The van der Waals surface area contributed by atoms with Crippen LogP contribution in [-0.4, -0.2) is 5.71 Å². The summed E-state index contributed by atoms with van der Waals surface area (Å²) in [6, 6.07) is 8.42. The van der Waals surface area contributed by atoms with Crippen molar-refractivity contribution >= 4 is 5.71 Å². The van der Waals surface area contributed by atoms with Crippen LogP contribution in [0.1, 0.15) is 44.2 Å². The van der Waals surface area contributed by atoms with Crippen LogP contribution in [0, 0.1) is 6.92 Å². The highest BCUT2D eigenvalue weighted by Gasteiger charge is 2.02. The molecule has 0 aliphatic carbocycles. The van der Waals surface area contributed by atoms with Crippen molar-refractivity contribution in [2.24, 2.45) is 4.99 Å². The summed E-state index contributed by atoms with van der Waals surface area (Å²) >= 11 is 0. The van der Waals surface area contributed by atoms with E-state index in [9.17, 15) is 0 Å². The Morgan fingerprint density at radius 2 is 2.00 bits per heavy atom. The summed E-state index contributed by atoms with van der Waals surface area (Å²) in [6.45, 7) is 6.46. The molecule has 0 fully saturated rings. The molecule has 1 heteroatoms. The lowest BCUT2D eigenvalue weighted by molar-refractivity contribution is 0.956. The van der Waals surface area contributed by atoms with Gasteiger partial charge in [-0.1, -0.05) is 50.6 Å². The van der Waals surface area contributed by atoms with E-state index >= 15 is 0 Å². The maximum Gasteiger partial charge on any atom is 0.0475 e. The van der Waals surface area contributed by atoms with Gasteiger partial charge < -0.3 is 0 Å². The second-order valence-corrected chi connectivity index (χ2v) is 3.92. The van der Waals surface area contributed by atoms with Gasteiger partial charge in [-0.15, -0.1) is 0 Å². The van der Waals surface area contributed by atoms with Crippen molar-refractivity contribution in [1.29, 1.82) is 0 Å². The molecule has 1 nitrogen and oxygen atoms in total. The SMILES string of the molecule is CCC/C=C/N=C(/CC)c1ccccc1C. The molecule has 0 unspecified atom stereocenters. The molecule has 86 valence electrons. The number of nitrogens with zero attached hydrogens (tertiary/aromatic N) is 1. The minimum absolute atomic E-state index is 0.974. The quantitative estimate of drug-likeness (QED) is 0.641. The summed E-state index contributed by atoms with van der Waals surface area (Å²) in [5.41, 5.74) is 3.74. The zero-order valence-corrected chi connectivity index (χ0v) is 10.5. The molecular formula is C15H21N. The Balaban J connectivity index is 2.86. The van der Waals surface area contributed by atoms with Crippen LogP contribution < -0.4 is 0 Å². The van der Waals surface area contributed by atoms with E-state index in [1.165, 1.54) is 23.3 Å². The number of rotatable bonds is 5. The molecule has 0 radical (unpaired) electrons. The first-order chi connectivity index (χ1) is 7.79. The molecule has 0 aromatic heterocycles. The average Bonchev–Trinajstić information content (AvgIpc) is 2.31. The van der Waals surface area contributed by atoms with Crippen LogP contribution in [0.4, 0.5) is 0 Å². The van der Waals surface area contributed by atoms with Gasteiger partial charge in [0.1, 0.15) is 0 Å². The summed E-state index contributed by atoms with van der Waals surface area (Å²) in [7, 11) is 0. The van der Waals surface area contributed by atoms with Crippen molar-refractivity contribution in [2.45, 2.75) is 40.0 Å². The van der Waals surface area contributed by atoms with Crippen LogP contribution >= 0.6 is 0 Å². The number of aryl methyl sites for hydroxylation is 1. The molecule has 16 heavy (non-hydrogen) atoms. The van der Waals surface area contributed by atoms with Crippen LogP contribution in [0.15, 0.2) is 41.5 Å². The summed E-state index contributed by atoms with van der Waals surface area (Å²) in [5, 5.41) is 0. The third-order valence-electron chi connectivity index (χ3n) is 2.58. The minimum atomic E-state index is 0.974. The van der Waals surface area contributed by atoms with Gasteiger partial charge in [0.05, 0.1) is 0 Å². The lowest BCUT2D eigenvalue weighted by Gasteiger charge is -2.06. The highest BCUT2D eigenvalue weighted by atomic mass is 14.7. The molecule has 1 aromatic carbocycles. The first kappa shape index (κ1) is 12.7. The third-order valence-corrected chi connectivity index (χ3v) is 2.58. The van der Waals surface area contributed by atoms with Crippen LogP contribution in [0.5, 0.6) is 0 Å². The van der Waals surface area contributed by atoms with E-state index in [2.05, 4.69) is 56.1 Å². The van der Waals surface area contributed by atoms with Gasteiger partial charge in [0.2, 0.25) is 0 Å². The van der Waals surface area contributed by atoms with Crippen LogP contribution in [0.3, 0.4) is 0 Å². The van der Waals surface area contributed by atoms with Crippen molar-refractivity contribution in [1.82, 2.24) is 0 Å². The monoisotopic (exact) mass is 215 g/mol. The Morgan fingerprint density at radius 3 is 2.62 bits per heavy atom. The molecule has 0 heterocycles. The van der Waals surface area contributed by atoms with Gasteiger partial charge in [-0.3, -0.25) is 4.99 Å². The second kappa shape index (κ2) is 7.00. The van der Waals surface area contributed by atoms with Crippen molar-refractivity contribution in [3.63, 3.8) is 0 Å². The van der Waals surface area contributed by atoms with E-state index in [0.717, 1.165) is 12.8 Å². The molecule has 0 bridgehead atoms. The van der Waals surface area contributed by atoms with Crippen LogP contribution in [-0.2, 0) is 0 Å². The summed E-state index contributed by atoms with van der Waals surface area (Å²) in [6.07, 6.45) is 7.33. The van der Waals surface area contributed by atoms with Gasteiger partial charge in [0, 0.05) is 11.9 Å². The fraction of sp³-hybridized carbons (Fsp3) is 0.400. The standard InChI is InChI=1S/C15H21N/c1-4-6-9-12-16-15(5-2)14-11-8-7-10-13(14)3/h7-12H,4-6H2,1-3H3/b12-9+,16-15-. The highest BCUT2D eigenvalue weighted by Crippen LogP contribution is 2.11. The lowest BCUT2D eigenvalue weighted by Crippen LogP contribution is -2.00. The molecule has 0 spiro atoms. The smallest absolute Gasteiger partial charge is 0.0475 e. The van der Waals surface area contributed by atoms with Crippen molar-refractivity contribution in [2.75, 3.05) is 0 Å². The van der Waals surface area contributed by atoms with Gasteiger partial charge in [-0.25, -0.2) is 0 Å². The van der Waals surface area contributed by atoms with Gasteiger partial charge in [-0.05, 0) is 30.9 Å². The molecule has 0 aliphatic rings. The van der Waals surface area contributed by atoms with E-state index in [-0.39, 0.29) is 0 Å². The Kier molecular flexibility index (Phi) is 5.55. The minimum Gasteiger partial charge on any atom is -0.261 e. The van der Waals surface area contributed by atoms with E-state index in [1.807, 2.05) is 6.20 Å². The number of unbranched alkanes of at least 4 members (excludes halogenated alkanes) is 1. The predicted molar refractivity (Wildman–Crippen MR) is 72.1 cm³/mol. The van der Waals surface area contributed by atoms with Gasteiger partial charge in [0.15, 0.2) is 0 Å². The zero-order valence-electron chi connectivity index (χ0n) is 10.5. The normalized spacial score (nSPS) is 12.3. The lowest BCUT2D eigenvalue weighted by atomic mass is 10.0. The summed E-state index contributed by atoms with van der Waals surface area (Å²) in [5.74, 6) is 0. The van der Waals surface area contributed by atoms with Crippen molar-refractivity contribution in [3.8, 4) is 0 Å². The molecule has 0 amide bonds. The maximum absolute atomic E-state index is 4.55. The van der Waals surface area contributed by atoms with Crippen LogP contribution in [0.2, 0.25) is 0 Å². The number of benzene rings is 1. The molecule has 0 atom stereocenters. The van der Waals surface area contributed by atoms with E-state index in [0.29, 0.717) is 0 Å². The number of allylic oxidation sites excluding steroid dienone is 1. The Labute approximate surface area is 98.9 Å². The Morgan fingerprint density at radius 1 is 1.25 bits per heavy atom. The van der Waals surface area contributed by atoms with Crippen molar-refractivity contribution in [3.05, 3.63) is 47.7 Å². The molecule has 0 aliphatic heterocycles. The highest BCUT2D eigenvalue weighted by molar-refractivity contribution is 6.01. The summed E-state index contributed by atoms with van der Waals surface area (Å²) < 4.78 is 0. The van der Waals surface area contributed by atoms with Gasteiger partial charge in [-0.2, -0.15) is 0 Å². The van der Waals surface area contributed by atoms with Crippen molar-refractivity contribution < 1.29 is 0 Å². The first-order valence-electron chi connectivity index (χ1n) is 6.07. The predicted octanol–water partition coefficient (Wildman–Crippen LogP) is 4.51. The fourth-order valence-corrected chi connectivity index (χ4v) is 1.63. The second-order valence-electron chi connectivity index (χ2n) is 3.92. The number of hydrogen-bond donors (Lipinski definition) is 0. The molecule has 1 rings (SSSR count). The topological polar surface area (TPSA) is 12.4 Å². The summed E-state index contributed by atoms with van der Waals surface area (Å²) in [4.78, 5) is 4.55. The largest absolute Gasteiger partial charge is 0.261 e. The molecule has 0 saturated carbocycles. The Bertz CT molecular complexity index is 375. The van der Waals surface area contributed by atoms with E-state index < -0.39 is 0 Å². The molecular weight excluding hydrogens is 194 g/mol.